The lowest BCUT2D eigenvalue weighted by Gasteiger charge is -2.21. The summed E-state index contributed by atoms with van der Waals surface area (Å²) >= 11 is 0. The van der Waals surface area contributed by atoms with Gasteiger partial charge in [0.25, 0.3) is 0 Å². The highest BCUT2D eigenvalue weighted by Gasteiger charge is 2.54. The minimum atomic E-state index is -4.86. The van der Waals surface area contributed by atoms with Gasteiger partial charge in [-0.3, -0.25) is 0 Å². The van der Waals surface area contributed by atoms with Gasteiger partial charge in [0.05, 0.1) is 38.2 Å². The molecule has 1 aliphatic rings. The molecule has 0 amide bonds. The first-order chi connectivity index (χ1) is 54.3. The predicted octanol–water partition coefficient (Wildman–Crippen LogP) is 32.6. The Morgan fingerprint density at radius 3 is 0.727 bits per heavy atom. The average Bonchev–Trinajstić information content (AvgIpc) is 1.61. The Labute approximate surface area is 669 Å². The first-order valence-corrected chi connectivity index (χ1v) is 46.1. The van der Waals surface area contributed by atoms with E-state index in [9.17, 15) is 0 Å². The summed E-state index contributed by atoms with van der Waals surface area (Å²) in [6.45, 7) is 11.8. The highest BCUT2D eigenvalue weighted by Crippen LogP contribution is 2.44. The number of halogens is 2. The molecule has 3 heterocycles. The van der Waals surface area contributed by atoms with Crippen LogP contribution in [0, 0.1) is 0 Å². The van der Waals surface area contributed by atoms with Gasteiger partial charge in [0.1, 0.15) is 34.5 Å². The van der Waals surface area contributed by atoms with Gasteiger partial charge in [-0.25, -0.2) is 0 Å². The van der Waals surface area contributed by atoms with Crippen LogP contribution in [0.25, 0.3) is 50.3 Å². The van der Waals surface area contributed by atoms with Crippen molar-refractivity contribution < 1.29 is 36.6 Å². The Balaban J connectivity index is 1.04. The second-order valence-electron chi connectivity index (χ2n) is 32.4. The van der Waals surface area contributed by atoms with E-state index < -0.39 is 7.11 Å². The zero-order valence-corrected chi connectivity index (χ0v) is 70.2. The smallest absolute Gasteiger partial charge is 0.568 e. The Bertz CT molecular complexity index is 3280. The summed E-state index contributed by atoms with van der Waals surface area (Å²) in [6, 6.07) is 32.4. The number of hydrogen-bond donors (Lipinski definition) is 2. The van der Waals surface area contributed by atoms with Gasteiger partial charge in [-0.15, -0.1) is 0 Å². The van der Waals surface area contributed by atoms with Crippen LogP contribution in [0.4, 0.5) is 8.63 Å². The lowest BCUT2D eigenvalue weighted by Crippen LogP contribution is -2.31. The maximum atomic E-state index is 16.7. The lowest BCUT2D eigenvalue weighted by molar-refractivity contribution is -0.183. The fourth-order valence-corrected chi connectivity index (χ4v) is 15.9. The van der Waals surface area contributed by atoms with Crippen molar-refractivity contribution >= 4 is 18.6 Å². The van der Waals surface area contributed by atoms with Gasteiger partial charge in [0.2, 0.25) is 0 Å². The summed E-state index contributed by atoms with van der Waals surface area (Å²) in [4.78, 5) is 6.89. The van der Waals surface area contributed by atoms with E-state index in [0.717, 1.165) is 119 Å². The summed E-state index contributed by atoms with van der Waals surface area (Å²) in [5, 5.41) is 0. The minimum absolute atomic E-state index is 0.0293. The van der Waals surface area contributed by atoms with Gasteiger partial charge in [0, 0.05) is 34.6 Å². The average molecular weight is 1520 g/mol. The number of hydrogen-bond acceptors (Lipinski definition) is 5. The van der Waals surface area contributed by atoms with Crippen LogP contribution in [0.5, 0.6) is 23.0 Å². The number of ketones is 1. The molecule has 8 nitrogen and oxygen atoms in total. The van der Waals surface area contributed by atoms with E-state index >= 15 is 8.63 Å². The number of aromatic amines is 2. The first-order valence-electron chi connectivity index (χ1n) is 46.1. The molecule has 11 heteroatoms. The van der Waals surface area contributed by atoms with Crippen molar-refractivity contribution in [3.63, 3.8) is 0 Å². The lowest BCUT2D eigenvalue weighted by atomic mass is 9.93. The molecule has 0 bridgehead atoms. The van der Waals surface area contributed by atoms with Gasteiger partial charge in [-0.1, -0.05) is 410 Å². The van der Waals surface area contributed by atoms with Gasteiger partial charge in [-0.2, -0.15) is 0 Å². The van der Waals surface area contributed by atoms with Crippen LogP contribution in [0.2, 0.25) is 0 Å². The number of allylic oxidation sites excluding steroid dienone is 1. The van der Waals surface area contributed by atoms with E-state index in [-0.39, 0.29) is 11.5 Å². The van der Waals surface area contributed by atoms with Crippen LogP contribution in [0.3, 0.4) is 0 Å². The van der Waals surface area contributed by atoms with E-state index in [2.05, 4.69) is 61.9 Å². The molecule has 2 aromatic heterocycles. The summed E-state index contributed by atoms with van der Waals surface area (Å²) in [5.41, 5.74) is 7.42. The number of nitrogens with one attached hydrogen (secondary N) is 2. The zero-order valence-electron chi connectivity index (χ0n) is 70.2. The monoisotopic (exact) mass is 1520 g/mol. The van der Waals surface area contributed by atoms with Crippen molar-refractivity contribution in [3.8, 4) is 67.5 Å². The maximum absolute atomic E-state index is 16.7. The molecule has 0 saturated heterocycles. The molecule has 0 atom stereocenters. The third kappa shape index (κ3) is 37.6. The second-order valence-corrected chi connectivity index (χ2v) is 32.4. The number of benzene rings is 4. The first kappa shape index (κ1) is 91.0. The Kier molecular flexibility index (Phi) is 48.5. The number of H-pyrrole nitrogens is 2. The van der Waals surface area contributed by atoms with Crippen molar-refractivity contribution in [1.82, 2.24) is 9.97 Å². The van der Waals surface area contributed by atoms with Crippen LogP contribution >= 0.6 is 0 Å². The zero-order chi connectivity index (χ0) is 77.3. The van der Waals surface area contributed by atoms with Crippen molar-refractivity contribution in [2.45, 2.75) is 387 Å². The molecule has 0 radical (unpaired) electrons. The Hall–Kier alpha value is -6.23. The third-order valence-corrected chi connectivity index (χ3v) is 22.7. The molecule has 110 heavy (non-hydrogen) atoms. The van der Waals surface area contributed by atoms with E-state index in [1.165, 1.54) is 308 Å². The number of rotatable bonds is 70. The van der Waals surface area contributed by atoms with Crippen LogP contribution in [-0.2, 0) is 4.65 Å². The summed E-state index contributed by atoms with van der Waals surface area (Å²) in [7, 11) is -4.86. The molecule has 0 aliphatic carbocycles. The predicted molar refractivity (Wildman–Crippen MR) is 468 cm³/mol. The molecule has 6 aromatic rings. The van der Waals surface area contributed by atoms with Crippen molar-refractivity contribution in [2.75, 3.05) is 26.4 Å². The van der Waals surface area contributed by atoms with E-state index in [1.807, 2.05) is 85.2 Å². The van der Waals surface area contributed by atoms with Gasteiger partial charge >= 0.3 is 12.9 Å². The van der Waals surface area contributed by atoms with Crippen LogP contribution < -0.4 is 18.9 Å². The Morgan fingerprint density at radius 2 is 0.482 bits per heavy atom. The van der Waals surface area contributed by atoms with Gasteiger partial charge in [-0.05, 0) is 96.5 Å². The van der Waals surface area contributed by atoms with Crippen molar-refractivity contribution in [2.24, 2.45) is 0 Å². The van der Waals surface area contributed by atoms with Crippen molar-refractivity contribution in [3.05, 3.63) is 127 Å². The molecule has 4 aromatic carbocycles. The standard InChI is InChI=1S/C99H153BF2N2O6/c1-5-9-13-17-21-25-29-33-37-41-45-49-53-57-77-105-88-69-61-84(62-70-88)92-82-103-98(96(92)86-65-73-90(74-66-86)107-79-59-55-51-47-43-39-35-31-27-23-19-15-11-7-3)94-81-95(110-100(101,102)109-94)99-97(87-67-75-91(76-68-87)108-80-60-56-52-48-44-40-36-32-28-24-20-16-12-8-4)93(83-104-99)85-63-71-89(72-64-85)106-78-58-54-50-46-42-38-34-30-26-22-18-14-10-6-2/h61-76,81-83,103-104H,5-60,77-80H2,1-4H3. The van der Waals surface area contributed by atoms with Gasteiger partial charge in [0.15, 0.2) is 0 Å². The number of carbonyl (C=O) groups excluding carboxylic acids is 1. The molecule has 2 N–H and O–H groups in total. The topological polar surface area (TPSA) is 89.0 Å². The maximum Gasteiger partial charge on any atom is 0.995 e. The quantitative estimate of drug-likeness (QED) is 0.0226. The molecule has 612 valence electrons. The van der Waals surface area contributed by atoms with E-state index in [0.29, 0.717) is 37.8 Å². The minimum Gasteiger partial charge on any atom is -0.568 e. The molecular weight excluding hydrogens is 1360 g/mol. The van der Waals surface area contributed by atoms with E-state index in [4.69, 9.17) is 27.9 Å². The molecule has 0 saturated carbocycles. The number of aromatic nitrogens is 2. The van der Waals surface area contributed by atoms with Crippen LogP contribution in [0.1, 0.15) is 403 Å². The fraction of sp³-hybridized carbons (Fsp3) is 0.646. The molecule has 1 aliphatic heterocycles. The molecular formula is C99H153BF2N2O6. The highest BCUT2D eigenvalue weighted by atomic mass is 19.3. The summed E-state index contributed by atoms with van der Waals surface area (Å²) in [6.07, 6.45) is 78.8. The summed E-state index contributed by atoms with van der Waals surface area (Å²) < 4.78 is 70.2. The highest BCUT2D eigenvalue weighted by molar-refractivity contribution is 6.52. The molecule has 0 spiro atoms. The molecule has 0 unspecified atom stereocenters. The molecule has 7 rings (SSSR count). The third-order valence-electron chi connectivity index (χ3n) is 22.7. The number of unbranched alkanes of at least 4 members (excludes halogenated alkanes) is 52. The Morgan fingerprint density at radius 1 is 0.273 bits per heavy atom. The fourth-order valence-electron chi connectivity index (χ4n) is 15.9. The summed E-state index contributed by atoms with van der Waals surface area (Å²) in [5.74, 6) is 3.10. The van der Waals surface area contributed by atoms with Crippen LogP contribution in [-0.4, -0.2) is 49.3 Å². The SMILES string of the molecule is CCCCCCCCCCCCCCCCOc1ccc(-c2c[nH]c(C3=CC(c4[nH]cc(-c5ccc(OCCCCCCCCCCCCCCCC)cc5)c4-c4ccc(OCCCCCCCCCCCCCCCC)cc4)=[O+][B-](F)(F)O3)c2-c2ccc(OCCCCCCCCCCCCCCCC)cc2)cc1. The number of ether oxygens (including phenoxy) is 4. The van der Waals surface area contributed by atoms with Gasteiger partial charge < -0.3 is 46.5 Å². The van der Waals surface area contributed by atoms with Crippen LogP contribution in [0.15, 0.2) is 116 Å². The van der Waals surface area contributed by atoms with E-state index in [1.54, 1.807) is 6.08 Å². The van der Waals surface area contributed by atoms with Crippen molar-refractivity contribution in [1.29, 1.82) is 0 Å². The normalized spacial score (nSPS) is 12.7. The second kappa shape index (κ2) is 58.6. The molecule has 0 fully saturated rings. The largest absolute Gasteiger partial charge is 0.995 e.